The van der Waals surface area contributed by atoms with Crippen LogP contribution in [-0.4, -0.2) is 29.6 Å². The van der Waals surface area contributed by atoms with E-state index >= 15 is 0 Å². The number of hydrogen-bond acceptors (Lipinski definition) is 5. The Labute approximate surface area is 184 Å². The third kappa shape index (κ3) is 8.04. The van der Waals surface area contributed by atoms with Crippen LogP contribution in [0.15, 0.2) is 41.8 Å². The van der Waals surface area contributed by atoms with Crippen molar-refractivity contribution in [3.8, 4) is 0 Å². The molecule has 1 heterocycles. The van der Waals surface area contributed by atoms with Crippen LogP contribution >= 0.6 is 22.9 Å². The third-order valence-corrected chi connectivity index (χ3v) is 5.10. The van der Waals surface area contributed by atoms with E-state index in [-0.39, 0.29) is 12.8 Å². The van der Waals surface area contributed by atoms with Crippen molar-refractivity contribution in [3.63, 3.8) is 0 Å². The van der Waals surface area contributed by atoms with Gasteiger partial charge in [-0.2, -0.15) is 0 Å². The summed E-state index contributed by atoms with van der Waals surface area (Å²) in [6.45, 7) is 5.22. The van der Waals surface area contributed by atoms with Crippen molar-refractivity contribution in [1.29, 1.82) is 0 Å². The molecule has 0 saturated carbocycles. The average molecular weight is 452 g/mol. The monoisotopic (exact) mass is 451 g/mol. The number of rotatable bonds is 8. The maximum absolute atomic E-state index is 13.1. The molecule has 1 unspecified atom stereocenters. The largest absolute Gasteiger partial charge is 0.444 e. The number of carbonyl (C=O) groups is 3. The third-order valence-electron chi connectivity index (χ3n) is 3.97. The van der Waals surface area contributed by atoms with E-state index in [0.29, 0.717) is 10.6 Å². The summed E-state index contributed by atoms with van der Waals surface area (Å²) in [4.78, 5) is 37.8. The zero-order valence-electron chi connectivity index (χ0n) is 17.1. The van der Waals surface area contributed by atoms with Gasteiger partial charge >= 0.3 is 6.09 Å². The van der Waals surface area contributed by atoms with E-state index < -0.39 is 35.6 Å². The fraction of sp³-hybridized carbons (Fsp3) is 0.381. The van der Waals surface area contributed by atoms with Crippen LogP contribution in [0.3, 0.4) is 0 Å². The topological polar surface area (TPSA) is 111 Å². The number of nitrogens with one attached hydrogen (secondary N) is 2. The Hall–Kier alpha value is -2.58. The summed E-state index contributed by atoms with van der Waals surface area (Å²) < 4.78 is 5.29. The predicted octanol–water partition coefficient (Wildman–Crippen LogP) is 3.57. The molecule has 9 heteroatoms. The van der Waals surface area contributed by atoms with E-state index in [9.17, 15) is 14.4 Å². The second-order valence-electron chi connectivity index (χ2n) is 7.77. The normalized spacial score (nSPS) is 13.2. The predicted molar refractivity (Wildman–Crippen MR) is 117 cm³/mol. The molecule has 0 radical (unpaired) electrons. The molecule has 2 aromatic rings. The van der Waals surface area contributed by atoms with Gasteiger partial charge in [0, 0.05) is 16.3 Å². The molecule has 0 fully saturated rings. The van der Waals surface area contributed by atoms with Crippen LogP contribution in [0.1, 0.15) is 43.7 Å². The van der Waals surface area contributed by atoms with Gasteiger partial charge in [0.2, 0.25) is 11.8 Å². The number of benzene rings is 1. The minimum atomic E-state index is -0.895. The maximum Gasteiger partial charge on any atom is 0.408 e. The molecule has 162 valence electrons. The molecular weight excluding hydrogens is 426 g/mol. The molecule has 1 aromatic carbocycles. The zero-order chi connectivity index (χ0) is 22.3. The number of primary amides is 1. The standard InChI is InChI=1S/C21H26ClN3O4S/c1-21(2,3)29-20(28)25-17(11-15-8-5-9-30-15)19(27)24-16(12-18(23)26)13-6-4-7-14(22)10-13/h4-10,16-17H,11-12H2,1-3H3,(H2,23,26)(H,24,27)(H,25,28)/t16-,17?/m1/s1. The lowest BCUT2D eigenvalue weighted by molar-refractivity contribution is -0.124. The molecule has 2 rings (SSSR count). The molecule has 0 aliphatic rings. The highest BCUT2D eigenvalue weighted by Gasteiger charge is 2.27. The van der Waals surface area contributed by atoms with E-state index in [4.69, 9.17) is 22.1 Å². The van der Waals surface area contributed by atoms with Crippen molar-refractivity contribution in [1.82, 2.24) is 10.6 Å². The Balaban J connectivity index is 2.20. The molecule has 0 saturated heterocycles. The molecule has 2 atom stereocenters. The van der Waals surface area contributed by atoms with Crippen LogP contribution in [0.5, 0.6) is 0 Å². The van der Waals surface area contributed by atoms with Crippen molar-refractivity contribution < 1.29 is 19.1 Å². The van der Waals surface area contributed by atoms with Gasteiger partial charge in [-0.1, -0.05) is 29.8 Å². The zero-order valence-corrected chi connectivity index (χ0v) is 18.7. The summed E-state index contributed by atoms with van der Waals surface area (Å²) in [5, 5.41) is 7.79. The lowest BCUT2D eigenvalue weighted by Gasteiger charge is -2.25. The van der Waals surface area contributed by atoms with Gasteiger partial charge < -0.3 is 21.1 Å². The molecule has 7 nitrogen and oxygen atoms in total. The first kappa shape index (κ1) is 23.7. The van der Waals surface area contributed by atoms with Crippen LogP contribution in [0.2, 0.25) is 5.02 Å². The number of hydrogen-bond donors (Lipinski definition) is 3. The highest BCUT2D eigenvalue weighted by Crippen LogP contribution is 2.21. The highest BCUT2D eigenvalue weighted by atomic mass is 35.5. The first-order valence-electron chi connectivity index (χ1n) is 9.39. The van der Waals surface area contributed by atoms with Crippen LogP contribution < -0.4 is 16.4 Å². The van der Waals surface area contributed by atoms with Gasteiger partial charge in [0.25, 0.3) is 0 Å². The summed E-state index contributed by atoms with van der Waals surface area (Å²) in [5.41, 5.74) is 5.30. The maximum atomic E-state index is 13.1. The Morgan fingerprint density at radius 3 is 2.47 bits per heavy atom. The molecule has 30 heavy (non-hydrogen) atoms. The Kier molecular flexibility index (Phi) is 8.25. The molecular formula is C21H26ClN3O4S. The molecule has 1 aromatic heterocycles. The average Bonchev–Trinajstić information content (AvgIpc) is 3.11. The molecule has 3 amide bonds. The quantitative estimate of drug-likeness (QED) is 0.569. The van der Waals surface area contributed by atoms with E-state index in [1.54, 1.807) is 45.0 Å². The van der Waals surface area contributed by atoms with Gasteiger partial charge in [0.05, 0.1) is 12.5 Å². The lowest BCUT2D eigenvalue weighted by Crippen LogP contribution is -2.50. The molecule has 4 N–H and O–H groups in total. The number of amides is 3. The Morgan fingerprint density at radius 1 is 1.17 bits per heavy atom. The second-order valence-corrected chi connectivity index (χ2v) is 9.24. The number of ether oxygens (including phenoxy) is 1. The Morgan fingerprint density at radius 2 is 1.90 bits per heavy atom. The van der Waals surface area contributed by atoms with Gasteiger partial charge in [0.15, 0.2) is 0 Å². The van der Waals surface area contributed by atoms with Crippen LogP contribution in [0.25, 0.3) is 0 Å². The van der Waals surface area contributed by atoms with Gasteiger partial charge in [-0.05, 0) is 49.9 Å². The Bertz CT molecular complexity index is 881. The summed E-state index contributed by atoms with van der Waals surface area (Å²) in [6.07, 6.45) is -0.528. The molecule has 0 bridgehead atoms. The summed E-state index contributed by atoms with van der Waals surface area (Å²) >= 11 is 7.52. The smallest absolute Gasteiger partial charge is 0.408 e. The van der Waals surface area contributed by atoms with E-state index in [1.807, 2.05) is 17.5 Å². The lowest BCUT2D eigenvalue weighted by atomic mass is 10.0. The van der Waals surface area contributed by atoms with Crippen LogP contribution in [0.4, 0.5) is 4.79 Å². The number of nitrogens with two attached hydrogens (primary N) is 1. The number of carbonyl (C=O) groups excluding carboxylic acids is 3. The summed E-state index contributed by atoms with van der Waals surface area (Å²) in [7, 11) is 0. The van der Waals surface area contributed by atoms with Gasteiger partial charge in [-0.3, -0.25) is 9.59 Å². The van der Waals surface area contributed by atoms with Crippen molar-refractivity contribution >= 4 is 40.8 Å². The number of halogens is 1. The fourth-order valence-electron chi connectivity index (χ4n) is 2.74. The van der Waals surface area contributed by atoms with Crippen molar-refractivity contribution in [2.45, 2.75) is 51.3 Å². The summed E-state index contributed by atoms with van der Waals surface area (Å²) in [6, 6.07) is 8.98. The minimum Gasteiger partial charge on any atom is -0.444 e. The fourth-order valence-corrected chi connectivity index (χ4v) is 3.69. The van der Waals surface area contributed by atoms with E-state index in [1.165, 1.54) is 11.3 Å². The van der Waals surface area contributed by atoms with Crippen molar-refractivity contribution in [3.05, 3.63) is 57.2 Å². The highest BCUT2D eigenvalue weighted by molar-refractivity contribution is 7.09. The summed E-state index contributed by atoms with van der Waals surface area (Å²) in [5.74, 6) is -1.03. The molecule has 0 aliphatic heterocycles. The second kappa shape index (κ2) is 10.4. The van der Waals surface area contributed by atoms with Gasteiger partial charge in [-0.25, -0.2) is 4.79 Å². The first-order valence-corrected chi connectivity index (χ1v) is 10.7. The van der Waals surface area contributed by atoms with Crippen molar-refractivity contribution in [2.24, 2.45) is 5.73 Å². The number of alkyl carbamates (subject to hydrolysis) is 1. The molecule has 0 spiro atoms. The van der Waals surface area contributed by atoms with Crippen molar-refractivity contribution in [2.75, 3.05) is 0 Å². The van der Waals surface area contributed by atoms with Crippen LogP contribution in [0, 0.1) is 0 Å². The minimum absolute atomic E-state index is 0.107. The van der Waals surface area contributed by atoms with E-state index in [2.05, 4.69) is 10.6 Å². The first-order chi connectivity index (χ1) is 14.0. The van der Waals surface area contributed by atoms with E-state index in [0.717, 1.165) is 4.88 Å². The molecule has 0 aliphatic carbocycles. The van der Waals surface area contributed by atoms with Gasteiger partial charge in [-0.15, -0.1) is 11.3 Å². The van der Waals surface area contributed by atoms with Gasteiger partial charge in [0.1, 0.15) is 11.6 Å². The van der Waals surface area contributed by atoms with Crippen LogP contribution in [-0.2, 0) is 20.7 Å². The SMILES string of the molecule is CC(C)(C)OC(=O)NC(Cc1cccs1)C(=O)N[C@H](CC(N)=O)c1cccc(Cl)c1. The number of thiophene rings is 1.